The fraction of sp³-hybridized carbons (Fsp3) is 0.793. The summed E-state index contributed by atoms with van der Waals surface area (Å²) >= 11 is 0. The molecule has 30 heavy (non-hydrogen) atoms. The smallest absolute Gasteiger partial charge is 0.0654 e. The first kappa shape index (κ1) is 27.7. The Morgan fingerprint density at radius 3 is 1.27 bits per heavy atom. The van der Waals surface area contributed by atoms with E-state index in [2.05, 4.69) is 50.6 Å². The van der Waals surface area contributed by atoms with Gasteiger partial charge in [-0.3, -0.25) is 0 Å². The normalized spacial score (nSPS) is 11.8. The first-order valence-corrected chi connectivity index (χ1v) is 16.6. The zero-order valence-electron chi connectivity index (χ0n) is 21.0. The summed E-state index contributed by atoms with van der Waals surface area (Å²) in [4.78, 5) is 0. The molecule has 0 aliphatic heterocycles. The Bertz CT molecular complexity index is 465. The van der Waals surface area contributed by atoms with Crippen molar-refractivity contribution >= 4 is 7.26 Å². The molecule has 0 nitrogen and oxygen atoms in total. The van der Waals surface area contributed by atoms with Gasteiger partial charge in [0, 0.05) is 20.6 Å². The van der Waals surface area contributed by atoms with Gasteiger partial charge in [0.2, 0.25) is 0 Å². The number of rotatable bonds is 21. The molecule has 0 radical (unpaired) electrons. The van der Waals surface area contributed by atoms with Crippen molar-refractivity contribution in [2.75, 3.05) is 19.5 Å². The number of hydrogen-bond acceptors (Lipinski definition) is 0. The van der Waals surface area contributed by atoms with E-state index in [0.717, 1.165) is 0 Å². The van der Waals surface area contributed by atoms with Crippen LogP contribution in [0, 0.1) is 0 Å². The molecule has 1 aromatic rings. The van der Waals surface area contributed by atoms with Gasteiger partial charge in [-0.1, -0.05) is 140 Å². The molecule has 0 N–H and O–H groups in total. The topological polar surface area (TPSA) is 0 Å². The SMILES string of the molecule is CCCCCCCCCCCCCCCCCCCC[P+](C)(C)Cc1ccccc1. The van der Waals surface area contributed by atoms with E-state index in [1.54, 1.807) is 5.56 Å². The van der Waals surface area contributed by atoms with E-state index in [1.807, 2.05) is 0 Å². The molecule has 0 spiro atoms. The van der Waals surface area contributed by atoms with Crippen LogP contribution in [0.5, 0.6) is 0 Å². The number of unbranched alkanes of at least 4 members (excludes halogenated alkanes) is 17. The second-order valence-electron chi connectivity index (χ2n) is 10.3. The lowest BCUT2D eigenvalue weighted by Crippen LogP contribution is -1.99. The second-order valence-corrected chi connectivity index (χ2v) is 14.9. The van der Waals surface area contributed by atoms with Crippen molar-refractivity contribution in [3.05, 3.63) is 35.9 Å². The quantitative estimate of drug-likeness (QED) is 0.133. The molecule has 0 amide bonds. The zero-order chi connectivity index (χ0) is 21.8. The third-order valence-electron chi connectivity index (χ3n) is 6.57. The molecule has 0 unspecified atom stereocenters. The average molecular weight is 434 g/mol. The zero-order valence-corrected chi connectivity index (χ0v) is 21.9. The summed E-state index contributed by atoms with van der Waals surface area (Å²) in [6, 6.07) is 11.1. The van der Waals surface area contributed by atoms with Crippen LogP contribution in [0.15, 0.2) is 30.3 Å². The highest BCUT2D eigenvalue weighted by molar-refractivity contribution is 7.73. The highest BCUT2D eigenvalue weighted by atomic mass is 31.2. The molecule has 174 valence electrons. The van der Waals surface area contributed by atoms with E-state index in [-0.39, 0.29) is 0 Å². The van der Waals surface area contributed by atoms with Gasteiger partial charge in [-0.2, -0.15) is 0 Å². The maximum Gasteiger partial charge on any atom is 0.0837 e. The van der Waals surface area contributed by atoms with Crippen LogP contribution in [-0.4, -0.2) is 19.5 Å². The van der Waals surface area contributed by atoms with E-state index >= 15 is 0 Å². The molecule has 0 atom stereocenters. The number of benzene rings is 1. The number of hydrogen-bond donors (Lipinski definition) is 0. The standard InChI is InChI=1S/C29H54P/c1-4-5-6-7-8-9-10-11-12-13-14-15-16-17-18-19-20-24-27-30(2,3)28-29-25-22-21-23-26-29/h21-23,25-26H,4-20,24,27-28H2,1-3H3/q+1. The van der Waals surface area contributed by atoms with Gasteiger partial charge in [0.1, 0.15) is 0 Å². The molecule has 0 aliphatic carbocycles. The Hall–Kier alpha value is -0.350. The Morgan fingerprint density at radius 2 is 0.867 bits per heavy atom. The van der Waals surface area contributed by atoms with Crippen LogP contribution in [0.1, 0.15) is 128 Å². The van der Waals surface area contributed by atoms with Crippen molar-refractivity contribution in [2.45, 2.75) is 129 Å². The van der Waals surface area contributed by atoms with Crippen LogP contribution in [0.3, 0.4) is 0 Å². The summed E-state index contributed by atoms with van der Waals surface area (Å²) in [5.74, 6) is 0. The summed E-state index contributed by atoms with van der Waals surface area (Å²) in [6.07, 6.45) is 29.2. The molecule has 0 bridgehead atoms. The predicted molar refractivity (Wildman–Crippen MR) is 143 cm³/mol. The lowest BCUT2D eigenvalue weighted by atomic mass is 10.0. The van der Waals surface area contributed by atoms with E-state index < -0.39 is 7.26 Å². The van der Waals surface area contributed by atoms with Gasteiger partial charge in [-0.15, -0.1) is 0 Å². The van der Waals surface area contributed by atoms with Crippen LogP contribution in [-0.2, 0) is 6.16 Å². The highest BCUT2D eigenvalue weighted by Crippen LogP contribution is 2.54. The third-order valence-corrected chi connectivity index (χ3v) is 9.32. The van der Waals surface area contributed by atoms with Gasteiger partial charge in [0.05, 0.1) is 12.3 Å². The molecule has 0 aromatic heterocycles. The Morgan fingerprint density at radius 1 is 0.500 bits per heavy atom. The first-order valence-electron chi connectivity index (χ1n) is 13.5. The Kier molecular flexibility index (Phi) is 17.9. The van der Waals surface area contributed by atoms with Crippen molar-refractivity contribution in [3.63, 3.8) is 0 Å². The van der Waals surface area contributed by atoms with Crippen molar-refractivity contribution in [3.8, 4) is 0 Å². The Labute approximate surface area is 191 Å². The van der Waals surface area contributed by atoms with Gasteiger partial charge >= 0.3 is 0 Å². The fourth-order valence-corrected chi connectivity index (χ4v) is 7.04. The molecule has 1 rings (SSSR count). The van der Waals surface area contributed by atoms with Gasteiger partial charge in [-0.25, -0.2) is 0 Å². The van der Waals surface area contributed by atoms with Gasteiger partial charge in [0.15, 0.2) is 0 Å². The summed E-state index contributed by atoms with van der Waals surface area (Å²) in [5, 5.41) is 0. The molecule has 0 fully saturated rings. The molecule has 1 heteroatoms. The second kappa shape index (κ2) is 19.3. The van der Waals surface area contributed by atoms with Crippen LogP contribution >= 0.6 is 7.26 Å². The fourth-order valence-electron chi connectivity index (χ4n) is 4.60. The van der Waals surface area contributed by atoms with E-state index in [4.69, 9.17) is 0 Å². The molecular weight excluding hydrogens is 379 g/mol. The summed E-state index contributed by atoms with van der Waals surface area (Å²) in [5.41, 5.74) is 1.54. The van der Waals surface area contributed by atoms with E-state index in [1.165, 1.54) is 128 Å². The van der Waals surface area contributed by atoms with Crippen molar-refractivity contribution in [1.82, 2.24) is 0 Å². The minimum atomic E-state index is -0.756. The maximum absolute atomic E-state index is 2.55. The molecular formula is C29H54P+. The van der Waals surface area contributed by atoms with Crippen molar-refractivity contribution in [1.29, 1.82) is 0 Å². The minimum Gasteiger partial charge on any atom is -0.0654 e. The minimum absolute atomic E-state index is 0.756. The van der Waals surface area contributed by atoms with Crippen molar-refractivity contribution in [2.24, 2.45) is 0 Å². The van der Waals surface area contributed by atoms with Crippen molar-refractivity contribution < 1.29 is 0 Å². The molecule has 0 saturated heterocycles. The van der Waals surface area contributed by atoms with Gasteiger partial charge in [0.25, 0.3) is 0 Å². The van der Waals surface area contributed by atoms with Crippen LogP contribution in [0.2, 0.25) is 0 Å². The highest BCUT2D eigenvalue weighted by Gasteiger charge is 2.24. The third kappa shape index (κ3) is 17.3. The van der Waals surface area contributed by atoms with Crippen LogP contribution < -0.4 is 0 Å². The average Bonchev–Trinajstić information content (AvgIpc) is 2.73. The lowest BCUT2D eigenvalue weighted by Gasteiger charge is -2.18. The molecule has 0 aliphatic rings. The monoisotopic (exact) mass is 433 g/mol. The summed E-state index contributed by atoms with van der Waals surface area (Å²) < 4.78 is 0. The van der Waals surface area contributed by atoms with E-state index in [0.29, 0.717) is 0 Å². The summed E-state index contributed by atoms with van der Waals surface area (Å²) in [7, 11) is -0.756. The van der Waals surface area contributed by atoms with Gasteiger partial charge < -0.3 is 0 Å². The summed E-state index contributed by atoms with van der Waals surface area (Å²) in [6.45, 7) is 7.40. The lowest BCUT2D eigenvalue weighted by molar-refractivity contribution is 0.526. The Balaban J connectivity index is 1.79. The van der Waals surface area contributed by atoms with Crippen LogP contribution in [0.4, 0.5) is 0 Å². The van der Waals surface area contributed by atoms with Gasteiger partial charge in [-0.05, 0) is 18.4 Å². The molecule has 0 heterocycles. The maximum atomic E-state index is 2.55. The predicted octanol–water partition coefficient (Wildman–Crippen LogP) is 10.5. The largest absolute Gasteiger partial charge is 0.0837 e. The molecule has 0 saturated carbocycles. The molecule has 1 aromatic carbocycles. The van der Waals surface area contributed by atoms with E-state index in [9.17, 15) is 0 Å². The first-order chi connectivity index (χ1) is 14.6. The van der Waals surface area contributed by atoms with Crippen LogP contribution in [0.25, 0.3) is 0 Å².